The third-order valence-corrected chi connectivity index (χ3v) is 3.82. The highest BCUT2D eigenvalue weighted by Gasteiger charge is 2.13. The molecule has 28 heavy (non-hydrogen) atoms. The van der Waals surface area contributed by atoms with E-state index in [4.69, 9.17) is 9.47 Å². The molecule has 0 aliphatic rings. The number of nitrogens with one attached hydrogen (secondary N) is 2. The number of hydrogen-bond donors (Lipinski definition) is 2. The minimum Gasteiger partial charge on any atom is -0.497 e. The van der Waals surface area contributed by atoms with E-state index >= 15 is 0 Å². The minimum absolute atomic E-state index is 0.245. The van der Waals surface area contributed by atoms with Crippen molar-refractivity contribution in [3.63, 3.8) is 0 Å². The van der Waals surface area contributed by atoms with Gasteiger partial charge in [0.15, 0.2) is 0 Å². The van der Waals surface area contributed by atoms with Gasteiger partial charge in [-0.2, -0.15) is 0 Å². The molecule has 8 nitrogen and oxygen atoms in total. The maximum Gasteiger partial charge on any atom is 0.339 e. The Bertz CT molecular complexity index is 990. The van der Waals surface area contributed by atoms with Crippen molar-refractivity contribution in [3.8, 4) is 5.75 Å². The summed E-state index contributed by atoms with van der Waals surface area (Å²) in [6.45, 7) is 0. The molecule has 0 unspecified atom stereocenters. The predicted octanol–water partition coefficient (Wildman–Crippen LogP) is 3.27. The molecule has 2 N–H and O–H groups in total. The van der Waals surface area contributed by atoms with Crippen molar-refractivity contribution in [3.05, 3.63) is 72.1 Å². The molecular formula is C20H18N4O4. The fraction of sp³-hybridized carbons (Fsp3) is 0.100. The third kappa shape index (κ3) is 4.42. The number of aromatic nitrogens is 2. The van der Waals surface area contributed by atoms with Crippen LogP contribution in [-0.4, -0.2) is 36.1 Å². The first-order chi connectivity index (χ1) is 13.6. The van der Waals surface area contributed by atoms with Crippen LogP contribution in [0.15, 0.2) is 60.9 Å². The number of para-hydroxylation sites is 1. The number of carbonyl (C=O) groups is 2. The van der Waals surface area contributed by atoms with Gasteiger partial charge >= 0.3 is 5.97 Å². The van der Waals surface area contributed by atoms with E-state index in [1.165, 1.54) is 19.5 Å². The quantitative estimate of drug-likeness (QED) is 0.635. The number of ether oxygens (including phenoxy) is 2. The zero-order chi connectivity index (χ0) is 19.9. The van der Waals surface area contributed by atoms with Crippen LogP contribution in [0.3, 0.4) is 0 Å². The molecule has 1 heterocycles. The molecule has 0 spiro atoms. The zero-order valence-electron chi connectivity index (χ0n) is 15.3. The molecule has 2 aromatic carbocycles. The molecule has 0 bridgehead atoms. The van der Waals surface area contributed by atoms with Gasteiger partial charge < -0.3 is 20.1 Å². The number of carbonyl (C=O) groups excluding carboxylic acids is 2. The van der Waals surface area contributed by atoms with Crippen LogP contribution in [0.1, 0.15) is 20.7 Å². The standard InChI is InChI=1S/C20H18N4O4/c1-27-15-7-5-6-14(10-15)23-18(25)13-11-21-20(22-12-13)24-17-9-4-3-8-16(17)19(26)28-2/h3-12H,1-2H3,(H,23,25)(H,21,22,24). The Labute approximate surface area is 161 Å². The fourth-order valence-corrected chi connectivity index (χ4v) is 2.41. The lowest BCUT2D eigenvalue weighted by Gasteiger charge is -2.10. The molecule has 3 aromatic rings. The number of anilines is 3. The second kappa shape index (κ2) is 8.63. The zero-order valence-corrected chi connectivity index (χ0v) is 15.3. The molecule has 0 atom stereocenters. The number of methoxy groups -OCH3 is 2. The summed E-state index contributed by atoms with van der Waals surface area (Å²) >= 11 is 0. The molecule has 8 heteroatoms. The van der Waals surface area contributed by atoms with Crippen LogP contribution in [0.2, 0.25) is 0 Å². The number of hydrogen-bond acceptors (Lipinski definition) is 7. The summed E-state index contributed by atoms with van der Waals surface area (Å²) in [7, 11) is 2.87. The van der Waals surface area contributed by atoms with Crippen molar-refractivity contribution in [2.75, 3.05) is 24.9 Å². The highest BCUT2D eigenvalue weighted by Crippen LogP contribution is 2.20. The maximum atomic E-state index is 12.4. The first kappa shape index (κ1) is 18.8. The van der Waals surface area contributed by atoms with Gasteiger partial charge in [0.05, 0.1) is 31.0 Å². The average molecular weight is 378 g/mol. The number of benzene rings is 2. The normalized spacial score (nSPS) is 10.1. The molecule has 3 rings (SSSR count). The summed E-state index contributed by atoms with van der Waals surface area (Å²) in [5.41, 5.74) is 1.74. The van der Waals surface area contributed by atoms with Gasteiger partial charge in [0, 0.05) is 24.1 Å². The van der Waals surface area contributed by atoms with Crippen LogP contribution in [0.4, 0.5) is 17.3 Å². The Morgan fingerprint density at radius 2 is 1.71 bits per heavy atom. The van der Waals surface area contributed by atoms with Crippen molar-refractivity contribution in [1.82, 2.24) is 9.97 Å². The topological polar surface area (TPSA) is 102 Å². The lowest BCUT2D eigenvalue weighted by Crippen LogP contribution is -2.13. The van der Waals surface area contributed by atoms with Gasteiger partial charge in [-0.3, -0.25) is 4.79 Å². The number of amides is 1. The minimum atomic E-state index is -0.475. The highest BCUT2D eigenvalue weighted by molar-refractivity contribution is 6.04. The van der Waals surface area contributed by atoms with Crippen molar-refractivity contribution >= 4 is 29.2 Å². The first-order valence-corrected chi connectivity index (χ1v) is 8.32. The summed E-state index contributed by atoms with van der Waals surface area (Å²) < 4.78 is 9.89. The van der Waals surface area contributed by atoms with Crippen molar-refractivity contribution in [1.29, 1.82) is 0 Å². The molecule has 1 aromatic heterocycles. The predicted molar refractivity (Wildman–Crippen MR) is 104 cm³/mol. The number of rotatable bonds is 6. The van der Waals surface area contributed by atoms with Crippen LogP contribution in [-0.2, 0) is 4.74 Å². The van der Waals surface area contributed by atoms with Crippen molar-refractivity contribution < 1.29 is 19.1 Å². The Kier molecular flexibility index (Phi) is 5.81. The lowest BCUT2D eigenvalue weighted by molar-refractivity contribution is 0.0601. The molecule has 1 amide bonds. The van der Waals surface area contributed by atoms with Gasteiger partial charge in [0.1, 0.15) is 5.75 Å². The molecule has 0 fully saturated rings. The molecule has 0 radical (unpaired) electrons. The molecular weight excluding hydrogens is 360 g/mol. The van der Waals surface area contributed by atoms with Crippen LogP contribution in [0.5, 0.6) is 5.75 Å². The van der Waals surface area contributed by atoms with E-state index in [1.807, 2.05) is 0 Å². The van der Waals surface area contributed by atoms with Crippen molar-refractivity contribution in [2.45, 2.75) is 0 Å². The second-order valence-corrected chi connectivity index (χ2v) is 5.64. The van der Waals surface area contributed by atoms with Crippen LogP contribution >= 0.6 is 0 Å². The van der Waals surface area contributed by atoms with Crippen LogP contribution < -0.4 is 15.4 Å². The van der Waals surface area contributed by atoms with Gasteiger partial charge in [-0.05, 0) is 24.3 Å². The Hall–Kier alpha value is -3.94. The van der Waals surface area contributed by atoms with E-state index in [0.717, 1.165) is 0 Å². The Morgan fingerprint density at radius 1 is 0.964 bits per heavy atom. The summed E-state index contributed by atoms with van der Waals surface area (Å²) in [5, 5.41) is 5.70. The van der Waals surface area contributed by atoms with E-state index in [9.17, 15) is 9.59 Å². The number of nitrogens with zero attached hydrogens (tertiary/aromatic N) is 2. The second-order valence-electron chi connectivity index (χ2n) is 5.64. The summed E-state index contributed by atoms with van der Waals surface area (Å²) in [6, 6.07) is 13.8. The smallest absolute Gasteiger partial charge is 0.339 e. The molecule has 0 saturated heterocycles. The van der Waals surface area contributed by atoms with E-state index in [1.54, 1.807) is 55.6 Å². The van der Waals surface area contributed by atoms with E-state index in [0.29, 0.717) is 22.7 Å². The monoisotopic (exact) mass is 378 g/mol. The highest BCUT2D eigenvalue weighted by atomic mass is 16.5. The van der Waals surface area contributed by atoms with Gasteiger partial charge in [0.25, 0.3) is 5.91 Å². The van der Waals surface area contributed by atoms with E-state index in [2.05, 4.69) is 20.6 Å². The van der Waals surface area contributed by atoms with E-state index < -0.39 is 5.97 Å². The number of esters is 1. The average Bonchev–Trinajstić information content (AvgIpc) is 2.74. The Morgan fingerprint density at radius 3 is 2.43 bits per heavy atom. The van der Waals surface area contributed by atoms with Crippen molar-refractivity contribution in [2.24, 2.45) is 0 Å². The third-order valence-electron chi connectivity index (χ3n) is 3.82. The maximum absolute atomic E-state index is 12.4. The van der Waals surface area contributed by atoms with Gasteiger partial charge in [-0.25, -0.2) is 14.8 Å². The largest absolute Gasteiger partial charge is 0.497 e. The Balaban J connectivity index is 1.71. The van der Waals surface area contributed by atoms with Gasteiger partial charge in [-0.15, -0.1) is 0 Å². The van der Waals surface area contributed by atoms with Crippen LogP contribution in [0.25, 0.3) is 0 Å². The molecule has 0 aliphatic heterocycles. The molecule has 0 aliphatic carbocycles. The first-order valence-electron chi connectivity index (χ1n) is 8.32. The summed E-state index contributed by atoms with van der Waals surface area (Å²) in [4.78, 5) is 32.4. The molecule has 0 saturated carbocycles. The van der Waals surface area contributed by atoms with Gasteiger partial charge in [-0.1, -0.05) is 18.2 Å². The molecule has 142 valence electrons. The van der Waals surface area contributed by atoms with Gasteiger partial charge in [0.2, 0.25) is 5.95 Å². The lowest BCUT2D eigenvalue weighted by atomic mass is 10.2. The van der Waals surface area contributed by atoms with Crippen LogP contribution in [0, 0.1) is 0 Å². The SMILES string of the molecule is COC(=O)c1ccccc1Nc1ncc(C(=O)Nc2cccc(OC)c2)cn1. The van der Waals surface area contributed by atoms with E-state index in [-0.39, 0.29) is 17.4 Å². The fourth-order valence-electron chi connectivity index (χ4n) is 2.41. The summed E-state index contributed by atoms with van der Waals surface area (Å²) in [6.07, 6.45) is 2.79. The summed E-state index contributed by atoms with van der Waals surface area (Å²) in [5.74, 6) is 0.0549.